The van der Waals surface area contributed by atoms with Gasteiger partial charge in [0.2, 0.25) is 0 Å². The molecule has 94 valence electrons. The van der Waals surface area contributed by atoms with E-state index in [1.165, 1.54) is 0 Å². The van der Waals surface area contributed by atoms with Crippen LogP contribution < -0.4 is 11.5 Å². The first-order chi connectivity index (χ1) is 7.36. The molecule has 1 unspecified atom stereocenters. The molecule has 1 heterocycles. The number of hydrogen-bond acceptors (Lipinski definition) is 3. The average Bonchev–Trinajstić information content (AvgIpc) is 2.16. The van der Waals surface area contributed by atoms with Gasteiger partial charge in [-0.1, -0.05) is 20.8 Å². The van der Waals surface area contributed by atoms with Gasteiger partial charge in [0, 0.05) is 32.7 Å². The number of carbonyl (C=O) groups excluding carboxylic acids is 1. The van der Waals surface area contributed by atoms with Crippen molar-refractivity contribution in [3.8, 4) is 0 Å². The lowest BCUT2D eigenvalue weighted by atomic mass is 9.84. The van der Waals surface area contributed by atoms with Crippen molar-refractivity contribution in [1.82, 2.24) is 9.80 Å². The Bertz CT molecular complexity index is 249. The Morgan fingerprint density at radius 2 is 2.00 bits per heavy atom. The van der Waals surface area contributed by atoms with Gasteiger partial charge in [-0.05, 0) is 5.41 Å². The minimum atomic E-state index is -0.313. The first-order valence-corrected chi connectivity index (χ1v) is 5.84. The van der Waals surface area contributed by atoms with E-state index in [1.54, 1.807) is 4.90 Å². The van der Waals surface area contributed by atoms with Crippen LogP contribution in [-0.2, 0) is 0 Å². The van der Waals surface area contributed by atoms with Crippen molar-refractivity contribution in [1.29, 1.82) is 0 Å². The van der Waals surface area contributed by atoms with Crippen LogP contribution in [0.15, 0.2) is 0 Å². The number of piperazine rings is 1. The summed E-state index contributed by atoms with van der Waals surface area (Å²) >= 11 is 0. The second-order valence-electron chi connectivity index (χ2n) is 5.50. The van der Waals surface area contributed by atoms with Crippen molar-refractivity contribution in [2.24, 2.45) is 16.9 Å². The number of urea groups is 1. The molecule has 1 rings (SSSR count). The molecule has 2 amide bonds. The topological polar surface area (TPSA) is 75.6 Å². The monoisotopic (exact) mass is 228 g/mol. The van der Waals surface area contributed by atoms with Gasteiger partial charge in [-0.25, -0.2) is 4.79 Å². The Labute approximate surface area is 97.7 Å². The summed E-state index contributed by atoms with van der Waals surface area (Å²) < 4.78 is 0. The molecule has 1 atom stereocenters. The van der Waals surface area contributed by atoms with Gasteiger partial charge in [-0.3, -0.25) is 4.90 Å². The van der Waals surface area contributed by atoms with Crippen LogP contribution in [0, 0.1) is 5.41 Å². The van der Waals surface area contributed by atoms with Gasteiger partial charge in [0.1, 0.15) is 0 Å². The van der Waals surface area contributed by atoms with Crippen LogP contribution in [-0.4, -0.2) is 54.6 Å². The van der Waals surface area contributed by atoms with Gasteiger partial charge in [0.05, 0.1) is 6.04 Å². The molecule has 1 saturated heterocycles. The van der Waals surface area contributed by atoms with Crippen LogP contribution in [0.5, 0.6) is 0 Å². The molecule has 0 aromatic heterocycles. The van der Waals surface area contributed by atoms with Gasteiger partial charge in [0.25, 0.3) is 0 Å². The summed E-state index contributed by atoms with van der Waals surface area (Å²) in [7, 11) is 0. The van der Waals surface area contributed by atoms with Crippen LogP contribution in [0.3, 0.4) is 0 Å². The van der Waals surface area contributed by atoms with Crippen molar-refractivity contribution in [2.45, 2.75) is 26.8 Å². The van der Waals surface area contributed by atoms with Gasteiger partial charge in [-0.2, -0.15) is 0 Å². The molecule has 0 spiro atoms. The van der Waals surface area contributed by atoms with E-state index in [9.17, 15) is 4.79 Å². The molecule has 4 N–H and O–H groups in total. The second-order valence-corrected chi connectivity index (χ2v) is 5.50. The second kappa shape index (κ2) is 5.01. The zero-order valence-corrected chi connectivity index (χ0v) is 10.6. The molecule has 0 saturated carbocycles. The highest BCUT2D eigenvalue weighted by atomic mass is 16.2. The van der Waals surface area contributed by atoms with Gasteiger partial charge in [-0.15, -0.1) is 0 Å². The highest BCUT2D eigenvalue weighted by molar-refractivity contribution is 5.72. The van der Waals surface area contributed by atoms with E-state index in [0.29, 0.717) is 13.1 Å². The summed E-state index contributed by atoms with van der Waals surface area (Å²) in [6.07, 6.45) is 0. The minimum Gasteiger partial charge on any atom is -0.351 e. The molecular weight excluding hydrogens is 204 g/mol. The van der Waals surface area contributed by atoms with Crippen LogP contribution in [0.4, 0.5) is 4.79 Å². The Kier molecular flexibility index (Phi) is 4.15. The quantitative estimate of drug-likeness (QED) is 0.701. The third-order valence-electron chi connectivity index (χ3n) is 3.19. The summed E-state index contributed by atoms with van der Waals surface area (Å²) in [5.41, 5.74) is 11.0. The maximum absolute atomic E-state index is 11.4. The number of primary amides is 1. The first-order valence-electron chi connectivity index (χ1n) is 5.84. The largest absolute Gasteiger partial charge is 0.351 e. The SMILES string of the molecule is CC(C)(C)C1CN(CCN)CCN1C(N)=O. The fraction of sp³-hybridized carbons (Fsp3) is 0.909. The predicted molar refractivity (Wildman–Crippen MR) is 65.0 cm³/mol. The van der Waals surface area contributed by atoms with E-state index in [-0.39, 0.29) is 17.5 Å². The summed E-state index contributed by atoms with van der Waals surface area (Å²) in [5.74, 6) is 0. The van der Waals surface area contributed by atoms with Gasteiger partial charge < -0.3 is 16.4 Å². The molecule has 0 aromatic rings. The molecule has 1 aliphatic heterocycles. The smallest absolute Gasteiger partial charge is 0.315 e. The number of nitrogens with zero attached hydrogens (tertiary/aromatic N) is 2. The van der Waals surface area contributed by atoms with Gasteiger partial charge >= 0.3 is 6.03 Å². The number of carbonyl (C=O) groups is 1. The highest BCUT2D eigenvalue weighted by Gasteiger charge is 2.36. The van der Waals surface area contributed by atoms with E-state index < -0.39 is 0 Å². The van der Waals surface area contributed by atoms with Crippen LogP contribution in [0.1, 0.15) is 20.8 Å². The van der Waals surface area contributed by atoms with Crippen LogP contribution >= 0.6 is 0 Å². The average molecular weight is 228 g/mol. The molecule has 1 aliphatic rings. The zero-order chi connectivity index (χ0) is 12.3. The van der Waals surface area contributed by atoms with E-state index in [4.69, 9.17) is 11.5 Å². The number of amides is 2. The van der Waals surface area contributed by atoms with E-state index >= 15 is 0 Å². The van der Waals surface area contributed by atoms with Crippen LogP contribution in [0.25, 0.3) is 0 Å². The normalized spacial score (nSPS) is 23.5. The summed E-state index contributed by atoms with van der Waals surface area (Å²) in [5, 5.41) is 0. The molecule has 5 heteroatoms. The summed E-state index contributed by atoms with van der Waals surface area (Å²) in [6.45, 7) is 10.4. The van der Waals surface area contributed by atoms with Crippen molar-refractivity contribution in [2.75, 3.05) is 32.7 Å². The molecule has 16 heavy (non-hydrogen) atoms. The first kappa shape index (κ1) is 13.3. The van der Waals surface area contributed by atoms with Crippen molar-refractivity contribution < 1.29 is 4.79 Å². The fourth-order valence-corrected chi connectivity index (χ4v) is 2.23. The molecular formula is C11H24N4O. The third kappa shape index (κ3) is 3.09. The molecule has 0 radical (unpaired) electrons. The highest BCUT2D eigenvalue weighted by Crippen LogP contribution is 2.27. The Morgan fingerprint density at radius 3 is 2.44 bits per heavy atom. The van der Waals surface area contributed by atoms with E-state index in [0.717, 1.165) is 19.6 Å². The lowest BCUT2D eigenvalue weighted by Gasteiger charge is -2.46. The Morgan fingerprint density at radius 1 is 1.38 bits per heavy atom. The standard InChI is InChI=1S/C11H24N4O/c1-11(2,3)9-8-14(5-4-12)6-7-15(9)10(13)16/h9H,4-8,12H2,1-3H3,(H2,13,16). The van der Waals surface area contributed by atoms with Crippen LogP contribution in [0.2, 0.25) is 0 Å². The number of hydrogen-bond donors (Lipinski definition) is 2. The lowest BCUT2D eigenvalue weighted by molar-refractivity contribution is 0.0443. The number of nitrogens with two attached hydrogens (primary N) is 2. The third-order valence-corrected chi connectivity index (χ3v) is 3.19. The Balaban J connectivity index is 2.74. The zero-order valence-electron chi connectivity index (χ0n) is 10.6. The van der Waals surface area contributed by atoms with E-state index in [1.807, 2.05) is 0 Å². The predicted octanol–water partition coefficient (Wildman–Crippen LogP) is 0.0561. The Hall–Kier alpha value is -0.810. The molecule has 5 nitrogen and oxygen atoms in total. The summed E-state index contributed by atoms with van der Waals surface area (Å²) in [6, 6.07) is -0.141. The van der Waals surface area contributed by atoms with E-state index in [2.05, 4.69) is 25.7 Å². The summed E-state index contributed by atoms with van der Waals surface area (Å²) in [4.78, 5) is 15.5. The van der Waals surface area contributed by atoms with Crippen molar-refractivity contribution >= 4 is 6.03 Å². The number of rotatable bonds is 2. The molecule has 0 bridgehead atoms. The van der Waals surface area contributed by atoms with Crippen molar-refractivity contribution in [3.05, 3.63) is 0 Å². The molecule has 0 aromatic carbocycles. The maximum atomic E-state index is 11.4. The minimum absolute atomic E-state index is 0.0439. The molecule has 0 aliphatic carbocycles. The fourth-order valence-electron chi connectivity index (χ4n) is 2.23. The van der Waals surface area contributed by atoms with Gasteiger partial charge in [0.15, 0.2) is 0 Å². The van der Waals surface area contributed by atoms with Crippen molar-refractivity contribution in [3.63, 3.8) is 0 Å². The lowest BCUT2D eigenvalue weighted by Crippen LogP contribution is -2.61. The maximum Gasteiger partial charge on any atom is 0.315 e. The molecule has 1 fully saturated rings.